The third kappa shape index (κ3) is 4.86. The number of hydrogen-bond acceptors (Lipinski definition) is 7. The molecule has 7 rings (SSSR count). The van der Waals surface area contributed by atoms with Gasteiger partial charge in [-0.15, -0.1) is 0 Å². The predicted molar refractivity (Wildman–Crippen MR) is 160 cm³/mol. The normalized spacial score (nSPS) is 17.1. The van der Waals surface area contributed by atoms with Gasteiger partial charge >= 0.3 is 0 Å². The first-order valence-electron chi connectivity index (χ1n) is 14.4. The van der Waals surface area contributed by atoms with Crippen LogP contribution in [0.3, 0.4) is 0 Å². The molecule has 9 nitrogen and oxygen atoms in total. The lowest BCUT2D eigenvalue weighted by Gasteiger charge is -2.41. The van der Waals surface area contributed by atoms with Crippen LogP contribution in [0.1, 0.15) is 32.1 Å². The number of piperidine rings is 2. The fourth-order valence-electron chi connectivity index (χ4n) is 6.13. The minimum atomic E-state index is 0.547. The van der Waals surface area contributed by atoms with Gasteiger partial charge in [0.05, 0.1) is 28.4 Å². The summed E-state index contributed by atoms with van der Waals surface area (Å²) < 4.78 is 6.06. The number of imidazole rings is 1. The van der Waals surface area contributed by atoms with Crippen molar-refractivity contribution in [2.75, 3.05) is 50.1 Å². The molecule has 40 heavy (non-hydrogen) atoms. The molecule has 5 aromatic rings. The third-order valence-electron chi connectivity index (χ3n) is 8.42. The average Bonchev–Trinajstić information content (AvgIpc) is 3.61. The second kappa shape index (κ2) is 10.5. The van der Waals surface area contributed by atoms with E-state index in [1.807, 2.05) is 49.3 Å². The van der Waals surface area contributed by atoms with E-state index in [0.717, 1.165) is 58.3 Å². The topological polar surface area (TPSA) is 89.2 Å². The molecule has 2 saturated heterocycles. The molecular formula is C31H36N8O. The smallest absolute Gasteiger partial charge is 0.219 e. The van der Waals surface area contributed by atoms with Crippen LogP contribution in [0.5, 0.6) is 11.6 Å². The van der Waals surface area contributed by atoms with Crippen LogP contribution in [0.25, 0.3) is 33.5 Å². The van der Waals surface area contributed by atoms with Gasteiger partial charge in [-0.05, 0) is 81.2 Å². The van der Waals surface area contributed by atoms with Gasteiger partial charge in [0, 0.05) is 50.4 Å². The molecule has 5 heterocycles. The van der Waals surface area contributed by atoms with Gasteiger partial charge in [0.15, 0.2) is 5.82 Å². The van der Waals surface area contributed by atoms with E-state index in [2.05, 4.69) is 48.2 Å². The Morgan fingerprint density at radius 2 is 1.75 bits per heavy atom. The molecule has 0 amide bonds. The van der Waals surface area contributed by atoms with Crippen LogP contribution in [0.4, 0.5) is 11.4 Å². The van der Waals surface area contributed by atoms with Gasteiger partial charge in [0.25, 0.3) is 0 Å². The van der Waals surface area contributed by atoms with Gasteiger partial charge in [0.1, 0.15) is 11.4 Å². The molecule has 0 unspecified atom stereocenters. The average molecular weight is 537 g/mol. The zero-order valence-corrected chi connectivity index (χ0v) is 23.2. The number of anilines is 2. The maximum Gasteiger partial charge on any atom is 0.219 e. The quantitative estimate of drug-likeness (QED) is 0.283. The molecule has 2 aromatic carbocycles. The number of benzene rings is 2. The monoisotopic (exact) mass is 536 g/mol. The number of aromatic nitrogens is 5. The number of fused-ring (bicyclic) bond motifs is 2. The van der Waals surface area contributed by atoms with Crippen LogP contribution < -0.4 is 14.5 Å². The summed E-state index contributed by atoms with van der Waals surface area (Å²) in [6.45, 7) is 4.77. The van der Waals surface area contributed by atoms with Crippen molar-refractivity contribution in [2.45, 2.75) is 38.1 Å². The Morgan fingerprint density at radius 1 is 0.900 bits per heavy atom. The molecule has 0 spiro atoms. The summed E-state index contributed by atoms with van der Waals surface area (Å²) in [5.41, 5.74) is 5.95. The number of H-pyrrole nitrogens is 2. The molecule has 206 valence electrons. The molecule has 0 radical (unpaired) electrons. The van der Waals surface area contributed by atoms with E-state index in [4.69, 9.17) is 9.72 Å². The van der Waals surface area contributed by atoms with Crippen LogP contribution in [0.15, 0.2) is 54.7 Å². The lowest BCUT2D eigenvalue weighted by molar-refractivity contribution is 0.141. The molecule has 2 aliphatic rings. The van der Waals surface area contributed by atoms with Crippen LogP contribution >= 0.6 is 0 Å². The highest BCUT2D eigenvalue weighted by molar-refractivity contribution is 5.94. The number of rotatable bonds is 6. The first-order valence-corrected chi connectivity index (χ1v) is 14.4. The van der Waals surface area contributed by atoms with Crippen LogP contribution in [-0.2, 0) is 0 Å². The summed E-state index contributed by atoms with van der Waals surface area (Å²) in [5.74, 6) is 1.99. The molecule has 3 aromatic heterocycles. The van der Waals surface area contributed by atoms with Gasteiger partial charge in [-0.3, -0.25) is 5.10 Å². The van der Waals surface area contributed by atoms with Crippen molar-refractivity contribution < 1.29 is 4.74 Å². The predicted octanol–water partition coefficient (Wildman–Crippen LogP) is 5.81. The molecule has 0 atom stereocenters. The minimum absolute atomic E-state index is 0.547. The Labute approximate surface area is 234 Å². The Hall–Kier alpha value is -4.11. The zero-order chi connectivity index (χ0) is 27.1. The van der Waals surface area contributed by atoms with E-state index in [9.17, 15) is 0 Å². The second-order valence-corrected chi connectivity index (χ2v) is 11.2. The van der Waals surface area contributed by atoms with Gasteiger partial charge in [-0.2, -0.15) is 5.10 Å². The number of hydrogen-bond donors (Lipinski definition) is 2. The number of nitrogens with zero attached hydrogens (tertiary/aromatic N) is 6. The standard InChI is InChI=1S/C31H36N8O/c1-37(2)23-7-11-29(32-20-23)40-24-8-10-26-25(19-24)30(36-35-26)31-33-27-9-6-22(18-28(27)34-31)39-16-12-21(13-17-39)38-14-4-3-5-15-38/h6-11,18-21H,3-5,12-17H2,1-2H3,(H,33,34)(H,35,36). The molecule has 0 aliphatic carbocycles. The Bertz CT molecular complexity index is 1610. The first-order chi connectivity index (χ1) is 19.6. The number of pyridine rings is 1. The molecular weight excluding hydrogens is 500 g/mol. The van der Waals surface area contributed by atoms with E-state index in [0.29, 0.717) is 11.6 Å². The van der Waals surface area contributed by atoms with E-state index in [1.54, 1.807) is 6.20 Å². The first kappa shape index (κ1) is 24.9. The maximum absolute atomic E-state index is 6.06. The molecule has 0 bridgehead atoms. The molecule has 2 aliphatic heterocycles. The van der Waals surface area contributed by atoms with Crippen molar-refractivity contribution in [1.29, 1.82) is 0 Å². The molecule has 2 N–H and O–H groups in total. The van der Waals surface area contributed by atoms with Crippen LogP contribution in [-0.4, -0.2) is 76.4 Å². The molecule has 0 saturated carbocycles. The highest BCUT2D eigenvalue weighted by Crippen LogP contribution is 2.32. The van der Waals surface area contributed by atoms with Gasteiger partial charge in [-0.25, -0.2) is 9.97 Å². The zero-order valence-electron chi connectivity index (χ0n) is 23.2. The van der Waals surface area contributed by atoms with E-state index >= 15 is 0 Å². The summed E-state index contributed by atoms with van der Waals surface area (Å²) in [5, 5.41) is 8.68. The van der Waals surface area contributed by atoms with E-state index < -0.39 is 0 Å². The number of aromatic amines is 2. The summed E-state index contributed by atoms with van der Waals surface area (Å²) in [7, 11) is 3.98. The van der Waals surface area contributed by atoms with Crippen molar-refractivity contribution in [3.8, 4) is 23.1 Å². The SMILES string of the molecule is CN(C)c1ccc(Oc2ccc3[nH]nc(-c4nc5ccc(N6CCC(N7CCCCC7)CC6)cc5[nH]4)c3c2)nc1. The fourth-order valence-corrected chi connectivity index (χ4v) is 6.13. The lowest BCUT2D eigenvalue weighted by atomic mass is 9.99. The molecule has 2 fully saturated rings. The van der Waals surface area contributed by atoms with Crippen molar-refractivity contribution in [2.24, 2.45) is 0 Å². The van der Waals surface area contributed by atoms with Gasteiger partial charge < -0.3 is 24.4 Å². The Balaban J connectivity index is 1.10. The Morgan fingerprint density at radius 3 is 2.52 bits per heavy atom. The maximum atomic E-state index is 6.06. The largest absolute Gasteiger partial charge is 0.439 e. The number of nitrogens with one attached hydrogen (secondary N) is 2. The van der Waals surface area contributed by atoms with Gasteiger partial charge in [-0.1, -0.05) is 6.42 Å². The summed E-state index contributed by atoms with van der Waals surface area (Å²) >= 11 is 0. The number of ether oxygens (including phenoxy) is 1. The summed E-state index contributed by atoms with van der Waals surface area (Å²) in [6.07, 6.45) is 8.41. The highest BCUT2D eigenvalue weighted by Gasteiger charge is 2.26. The Kier molecular flexibility index (Phi) is 6.51. The number of likely N-dealkylation sites (tertiary alicyclic amines) is 1. The summed E-state index contributed by atoms with van der Waals surface area (Å²) in [6, 6.07) is 17.1. The second-order valence-electron chi connectivity index (χ2n) is 11.2. The van der Waals surface area contributed by atoms with Gasteiger partial charge in [0.2, 0.25) is 5.88 Å². The fraction of sp³-hybridized carbons (Fsp3) is 0.387. The third-order valence-corrected chi connectivity index (χ3v) is 8.42. The van der Waals surface area contributed by atoms with Crippen LogP contribution in [0, 0.1) is 0 Å². The van der Waals surface area contributed by atoms with E-state index in [1.165, 1.54) is 50.9 Å². The van der Waals surface area contributed by atoms with Crippen LogP contribution in [0.2, 0.25) is 0 Å². The van der Waals surface area contributed by atoms with E-state index in [-0.39, 0.29) is 0 Å². The summed E-state index contributed by atoms with van der Waals surface area (Å²) in [4.78, 5) is 20.1. The molecule has 9 heteroatoms. The lowest BCUT2D eigenvalue weighted by Crippen LogP contribution is -2.46. The van der Waals surface area contributed by atoms with Crippen molar-refractivity contribution >= 4 is 33.3 Å². The highest BCUT2D eigenvalue weighted by atomic mass is 16.5. The van der Waals surface area contributed by atoms with Crippen molar-refractivity contribution in [3.05, 3.63) is 54.7 Å². The minimum Gasteiger partial charge on any atom is -0.439 e. The van der Waals surface area contributed by atoms with Crippen molar-refractivity contribution in [1.82, 2.24) is 30.0 Å². The van der Waals surface area contributed by atoms with Crippen molar-refractivity contribution in [3.63, 3.8) is 0 Å².